The van der Waals surface area contributed by atoms with Crippen LogP contribution in [0, 0.1) is 13.8 Å². The lowest BCUT2D eigenvalue weighted by Crippen LogP contribution is -1.98. The maximum Gasteiger partial charge on any atom is 0.154 e. The molecular weight excluding hydrogens is 224 g/mol. The summed E-state index contributed by atoms with van der Waals surface area (Å²) in [4.78, 5) is 11.2. The van der Waals surface area contributed by atoms with Gasteiger partial charge in [0.05, 0.1) is 5.56 Å². The Bertz CT molecular complexity index is 625. The Labute approximate surface area is 107 Å². The van der Waals surface area contributed by atoms with Gasteiger partial charge < -0.3 is 5.11 Å². The Kier molecular flexibility index (Phi) is 3.12. The van der Waals surface area contributed by atoms with Crippen molar-refractivity contribution in [3.63, 3.8) is 0 Å². The van der Waals surface area contributed by atoms with E-state index in [2.05, 4.69) is 6.07 Å². The molecule has 0 aliphatic rings. The van der Waals surface area contributed by atoms with Gasteiger partial charge in [-0.2, -0.15) is 0 Å². The molecule has 0 radical (unpaired) electrons. The summed E-state index contributed by atoms with van der Waals surface area (Å²) in [6, 6.07) is 6.13. The van der Waals surface area contributed by atoms with E-state index in [1.807, 2.05) is 39.8 Å². The average Bonchev–Trinajstić information content (AvgIpc) is 2.28. The second-order valence-corrected chi connectivity index (χ2v) is 5.12. The third kappa shape index (κ3) is 1.78. The summed E-state index contributed by atoms with van der Waals surface area (Å²) in [5.74, 6) is 0.309. The lowest BCUT2D eigenvalue weighted by molar-refractivity contribution is 0.112. The molecule has 0 heterocycles. The zero-order valence-corrected chi connectivity index (χ0v) is 11.2. The van der Waals surface area contributed by atoms with Crippen molar-refractivity contribution in [1.29, 1.82) is 0 Å². The van der Waals surface area contributed by atoms with E-state index < -0.39 is 0 Å². The van der Waals surface area contributed by atoms with E-state index in [1.165, 1.54) is 0 Å². The zero-order valence-electron chi connectivity index (χ0n) is 11.2. The molecule has 18 heavy (non-hydrogen) atoms. The summed E-state index contributed by atoms with van der Waals surface area (Å²) in [5, 5.41) is 12.4. The normalized spacial score (nSPS) is 11.2. The second kappa shape index (κ2) is 4.45. The van der Waals surface area contributed by atoms with Crippen LogP contribution >= 0.6 is 0 Å². The highest BCUT2D eigenvalue weighted by Gasteiger charge is 2.18. The van der Waals surface area contributed by atoms with Crippen LogP contribution in [-0.4, -0.2) is 11.4 Å². The van der Waals surface area contributed by atoms with Crippen LogP contribution in [0.5, 0.6) is 5.75 Å². The fourth-order valence-corrected chi connectivity index (χ4v) is 2.53. The number of phenolic OH excluding ortho intramolecular Hbond substituents is 1. The van der Waals surface area contributed by atoms with E-state index in [-0.39, 0.29) is 11.7 Å². The number of hydrogen-bond acceptors (Lipinski definition) is 2. The largest absolute Gasteiger partial charge is 0.507 e. The number of carbonyl (C=O) groups is 1. The standard InChI is InChI=1S/C16H18O2/c1-9(2)15-13-7-10(3)5-6-12(13)11(4)14(8-17)16(15)18/h5-9,18H,1-4H3. The molecule has 0 saturated carbocycles. The highest BCUT2D eigenvalue weighted by Crippen LogP contribution is 2.38. The average molecular weight is 242 g/mol. The van der Waals surface area contributed by atoms with Gasteiger partial charge in [-0.05, 0) is 36.1 Å². The molecule has 1 N–H and O–H groups in total. The van der Waals surface area contributed by atoms with Crippen molar-refractivity contribution in [1.82, 2.24) is 0 Å². The Morgan fingerprint density at radius 2 is 1.83 bits per heavy atom. The van der Waals surface area contributed by atoms with Crippen LogP contribution < -0.4 is 0 Å². The minimum Gasteiger partial charge on any atom is -0.507 e. The van der Waals surface area contributed by atoms with Crippen molar-refractivity contribution in [3.8, 4) is 5.75 Å². The van der Waals surface area contributed by atoms with E-state index in [0.29, 0.717) is 5.56 Å². The predicted octanol–water partition coefficient (Wildman–Crippen LogP) is 4.10. The quantitative estimate of drug-likeness (QED) is 0.805. The molecular formula is C16H18O2. The predicted molar refractivity (Wildman–Crippen MR) is 74.6 cm³/mol. The summed E-state index contributed by atoms with van der Waals surface area (Å²) >= 11 is 0. The maximum absolute atomic E-state index is 11.2. The third-order valence-electron chi connectivity index (χ3n) is 3.48. The van der Waals surface area contributed by atoms with Crippen LogP contribution in [0.1, 0.15) is 46.8 Å². The molecule has 2 aromatic rings. The fourth-order valence-electron chi connectivity index (χ4n) is 2.53. The van der Waals surface area contributed by atoms with Crippen LogP contribution in [-0.2, 0) is 0 Å². The molecule has 0 amide bonds. The monoisotopic (exact) mass is 242 g/mol. The molecule has 94 valence electrons. The van der Waals surface area contributed by atoms with Gasteiger partial charge in [-0.1, -0.05) is 37.6 Å². The zero-order chi connectivity index (χ0) is 13.4. The van der Waals surface area contributed by atoms with Gasteiger partial charge in [-0.3, -0.25) is 4.79 Å². The van der Waals surface area contributed by atoms with Crippen LogP contribution in [0.3, 0.4) is 0 Å². The summed E-state index contributed by atoms with van der Waals surface area (Å²) < 4.78 is 0. The van der Waals surface area contributed by atoms with Crippen LogP contribution in [0.2, 0.25) is 0 Å². The van der Waals surface area contributed by atoms with E-state index in [0.717, 1.165) is 33.7 Å². The van der Waals surface area contributed by atoms with E-state index in [1.54, 1.807) is 0 Å². The van der Waals surface area contributed by atoms with E-state index >= 15 is 0 Å². The number of rotatable bonds is 2. The number of aromatic hydroxyl groups is 1. The number of fused-ring (bicyclic) bond motifs is 1. The van der Waals surface area contributed by atoms with Gasteiger partial charge >= 0.3 is 0 Å². The molecule has 0 aromatic heterocycles. The van der Waals surface area contributed by atoms with Crippen molar-refractivity contribution in [2.75, 3.05) is 0 Å². The minimum absolute atomic E-state index is 0.135. The fraction of sp³-hybridized carbons (Fsp3) is 0.312. The highest BCUT2D eigenvalue weighted by molar-refractivity contribution is 5.99. The molecule has 2 aromatic carbocycles. The molecule has 0 aliphatic heterocycles. The molecule has 0 saturated heterocycles. The number of phenols is 1. The maximum atomic E-state index is 11.2. The topological polar surface area (TPSA) is 37.3 Å². The molecule has 2 rings (SSSR count). The number of aryl methyl sites for hydroxylation is 2. The van der Waals surface area contributed by atoms with Crippen molar-refractivity contribution in [2.45, 2.75) is 33.6 Å². The Morgan fingerprint density at radius 3 is 2.39 bits per heavy atom. The van der Waals surface area contributed by atoms with Gasteiger partial charge in [0.2, 0.25) is 0 Å². The number of carbonyl (C=O) groups excluding carboxylic acids is 1. The summed E-state index contributed by atoms with van der Waals surface area (Å²) in [6.07, 6.45) is 0.746. The highest BCUT2D eigenvalue weighted by atomic mass is 16.3. The first-order valence-corrected chi connectivity index (χ1v) is 6.18. The molecule has 0 atom stereocenters. The van der Waals surface area contributed by atoms with Crippen LogP contribution in [0.15, 0.2) is 18.2 Å². The molecule has 2 heteroatoms. The summed E-state index contributed by atoms with van der Waals surface area (Å²) in [7, 11) is 0. The third-order valence-corrected chi connectivity index (χ3v) is 3.48. The van der Waals surface area contributed by atoms with Crippen LogP contribution in [0.25, 0.3) is 10.8 Å². The van der Waals surface area contributed by atoms with Gasteiger partial charge in [0, 0.05) is 5.56 Å². The molecule has 0 unspecified atom stereocenters. The van der Waals surface area contributed by atoms with Crippen LogP contribution in [0.4, 0.5) is 0 Å². The first-order chi connectivity index (χ1) is 8.47. The summed E-state index contributed by atoms with van der Waals surface area (Å²) in [5.41, 5.74) is 3.28. The molecule has 0 fully saturated rings. The second-order valence-electron chi connectivity index (χ2n) is 5.12. The molecule has 0 bridgehead atoms. The van der Waals surface area contributed by atoms with E-state index in [4.69, 9.17) is 0 Å². The molecule has 0 aliphatic carbocycles. The van der Waals surface area contributed by atoms with Gasteiger partial charge in [-0.15, -0.1) is 0 Å². The smallest absolute Gasteiger partial charge is 0.154 e. The lowest BCUT2D eigenvalue weighted by atomic mass is 9.88. The number of benzene rings is 2. The van der Waals surface area contributed by atoms with Crippen molar-refractivity contribution in [3.05, 3.63) is 40.5 Å². The van der Waals surface area contributed by atoms with Crippen molar-refractivity contribution in [2.24, 2.45) is 0 Å². The summed E-state index contributed by atoms with van der Waals surface area (Å²) in [6.45, 7) is 7.97. The minimum atomic E-state index is 0.135. The van der Waals surface area contributed by atoms with Gasteiger partial charge in [0.1, 0.15) is 5.75 Å². The number of aldehydes is 1. The van der Waals surface area contributed by atoms with E-state index in [9.17, 15) is 9.90 Å². The SMILES string of the molecule is Cc1ccc2c(C)c(C=O)c(O)c(C(C)C)c2c1. The van der Waals surface area contributed by atoms with Crippen molar-refractivity contribution >= 4 is 17.1 Å². The Balaban J connectivity index is 3.02. The van der Waals surface area contributed by atoms with Gasteiger partial charge in [0.25, 0.3) is 0 Å². The first kappa shape index (κ1) is 12.6. The Hall–Kier alpha value is -1.83. The molecule has 0 spiro atoms. The van der Waals surface area contributed by atoms with Gasteiger partial charge in [0.15, 0.2) is 6.29 Å². The Morgan fingerprint density at radius 1 is 1.17 bits per heavy atom. The first-order valence-electron chi connectivity index (χ1n) is 6.18. The number of hydrogen-bond donors (Lipinski definition) is 1. The molecule has 2 nitrogen and oxygen atoms in total. The van der Waals surface area contributed by atoms with Gasteiger partial charge in [-0.25, -0.2) is 0 Å². The lowest BCUT2D eigenvalue weighted by Gasteiger charge is -2.17. The van der Waals surface area contributed by atoms with Crippen molar-refractivity contribution < 1.29 is 9.90 Å².